The van der Waals surface area contributed by atoms with Crippen LogP contribution in [0.5, 0.6) is 11.5 Å². The quantitative estimate of drug-likeness (QED) is 0.497. The molecule has 1 aromatic heterocycles. The zero-order chi connectivity index (χ0) is 21.4. The molecule has 2 aromatic carbocycles. The third-order valence-electron chi connectivity index (χ3n) is 5.62. The minimum atomic E-state index is -0.364. The zero-order valence-corrected chi connectivity index (χ0v) is 17.9. The van der Waals surface area contributed by atoms with Crippen LogP contribution in [0.4, 0.5) is 0 Å². The van der Waals surface area contributed by atoms with Gasteiger partial charge >= 0.3 is 5.97 Å². The molecule has 3 heterocycles. The summed E-state index contributed by atoms with van der Waals surface area (Å²) >= 11 is 1.50. The average Bonchev–Trinajstić information content (AvgIpc) is 3.19. The van der Waals surface area contributed by atoms with E-state index in [1.807, 2.05) is 35.2 Å². The maximum atomic E-state index is 12.9. The van der Waals surface area contributed by atoms with Gasteiger partial charge in [0.1, 0.15) is 13.2 Å². The molecule has 0 fully saturated rings. The molecular weight excluding hydrogens is 416 g/mol. The first-order valence-corrected chi connectivity index (χ1v) is 11.1. The van der Waals surface area contributed by atoms with Gasteiger partial charge in [-0.1, -0.05) is 0 Å². The van der Waals surface area contributed by atoms with Gasteiger partial charge in [-0.25, -0.2) is 4.79 Å². The first-order valence-electron chi connectivity index (χ1n) is 10.1. The standard InChI is InChI=1S/C23H22N2O5S/c1-28-23(27)14-2-4-18-16(10-14)17-12-25(7-6-19(17)24-18)22(26)13-31-15-3-5-20-21(11-15)30-9-8-29-20/h2-5,10-11,24H,6-9,12-13H2,1H3. The van der Waals surface area contributed by atoms with E-state index in [4.69, 9.17) is 14.2 Å². The van der Waals surface area contributed by atoms with Crippen molar-refractivity contribution in [2.75, 3.05) is 32.6 Å². The lowest BCUT2D eigenvalue weighted by molar-refractivity contribution is -0.129. The Labute approximate surface area is 183 Å². The van der Waals surface area contributed by atoms with Crippen LogP contribution >= 0.6 is 11.8 Å². The molecule has 31 heavy (non-hydrogen) atoms. The van der Waals surface area contributed by atoms with Gasteiger partial charge < -0.3 is 24.1 Å². The summed E-state index contributed by atoms with van der Waals surface area (Å²) in [6, 6.07) is 11.3. The smallest absolute Gasteiger partial charge is 0.337 e. The Balaban J connectivity index is 1.29. The van der Waals surface area contributed by atoms with E-state index in [0.717, 1.165) is 45.0 Å². The monoisotopic (exact) mass is 438 g/mol. The molecule has 1 N–H and O–H groups in total. The molecule has 7 nitrogen and oxygen atoms in total. The van der Waals surface area contributed by atoms with E-state index < -0.39 is 0 Å². The fraction of sp³-hybridized carbons (Fsp3) is 0.304. The van der Waals surface area contributed by atoms with Gasteiger partial charge in [-0.3, -0.25) is 4.79 Å². The first-order chi connectivity index (χ1) is 15.1. The number of carbonyl (C=O) groups excluding carboxylic acids is 2. The van der Waals surface area contributed by atoms with Crippen molar-refractivity contribution in [3.05, 3.63) is 53.2 Å². The fourth-order valence-corrected chi connectivity index (χ4v) is 4.85. The van der Waals surface area contributed by atoms with Crippen molar-refractivity contribution in [3.8, 4) is 11.5 Å². The molecule has 1 amide bonds. The van der Waals surface area contributed by atoms with Crippen molar-refractivity contribution < 1.29 is 23.8 Å². The summed E-state index contributed by atoms with van der Waals surface area (Å²) < 4.78 is 16.0. The summed E-state index contributed by atoms with van der Waals surface area (Å²) in [6.07, 6.45) is 0.762. The van der Waals surface area contributed by atoms with Gasteiger partial charge in [-0.15, -0.1) is 11.8 Å². The Kier molecular flexibility index (Phi) is 5.23. The van der Waals surface area contributed by atoms with Crippen molar-refractivity contribution in [1.29, 1.82) is 0 Å². The van der Waals surface area contributed by atoms with Gasteiger partial charge in [0.15, 0.2) is 11.5 Å². The van der Waals surface area contributed by atoms with Crippen LogP contribution in [-0.2, 0) is 22.5 Å². The predicted octanol–water partition coefficient (Wildman–Crippen LogP) is 3.40. The summed E-state index contributed by atoms with van der Waals surface area (Å²) in [7, 11) is 1.37. The summed E-state index contributed by atoms with van der Waals surface area (Å²) in [4.78, 5) is 31.1. The highest BCUT2D eigenvalue weighted by atomic mass is 32.2. The number of thioether (sulfide) groups is 1. The molecular formula is C23H22N2O5S. The first kappa shape index (κ1) is 19.8. The van der Waals surface area contributed by atoms with Crippen LogP contribution in [0.15, 0.2) is 41.3 Å². The summed E-state index contributed by atoms with van der Waals surface area (Å²) in [5, 5.41) is 0.967. The number of amides is 1. The number of rotatable bonds is 4. The molecule has 3 aromatic rings. The number of benzene rings is 2. The molecule has 0 saturated heterocycles. The number of carbonyl (C=O) groups is 2. The van der Waals surface area contributed by atoms with E-state index in [1.165, 1.54) is 18.9 Å². The second-order valence-electron chi connectivity index (χ2n) is 7.49. The van der Waals surface area contributed by atoms with Crippen LogP contribution in [-0.4, -0.2) is 54.4 Å². The normalized spacial score (nSPS) is 14.9. The van der Waals surface area contributed by atoms with Gasteiger partial charge in [-0.2, -0.15) is 0 Å². The lowest BCUT2D eigenvalue weighted by atomic mass is 10.0. The number of methoxy groups -OCH3 is 1. The van der Waals surface area contributed by atoms with Crippen molar-refractivity contribution in [1.82, 2.24) is 9.88 Å². The number of nitrogens with one attached hydrogen (secondary N) is 1. The van der Waals surface area contributed by atoms with E-state index in [1.54, 1.807) is 6.07 Å². The van der Waals surface area contributed by atoms with Crippen LogP contribution in [0.2, 0.25) is 0 Å². The highest BCUT2D eigenvalue weighted by molar-refractivity contribution is 8.00. The number of H-pyrrole nitrogens is 1. The lowest BCUT2D eigenvalue weighted by Gasteiger charge is -2.27. The molecule has 0 unspecified atom stereocenters. The second-order valence-corrected chi connectivity index (χ2v) is 8.54. The highest BCUT2D eigenvalue weighted by Gasteiger charge is 2.25. The van der Waals surface area contributed by atoms with E-state index >= 15 is 0 Å². The Hall–Kier alpha value is -3.13. The SMILES string of the molecule is COC(=O)c1ccc2[nH]c3c(c2c1)CN(C(=O)CSc1ccc2c(c1)OCCO2)CC3. The fourth-order valence-electron chi connectivity index (χ4n) is 4.02. The van der Waals surface area contributed by atoms with E-state index in [2.05, 4.69) is 4.98 Å². The zero-order valence-electron chi connectivity index (χ0n) is 17.1. The molecule has 0 atom stereocenters. The van der Waals surface area contributed by atoms with Crippen molar-refractivity contribution in [2.45, 2.75) is 17.9 Å². The average molecular weight is 439 g/mol. The minimum absolute atomic E-state index is 0.0870. The number of nitrogens with zero attached hydrogens (tertiary/aromatic N) is 1. The van der Waals surface area contributed by atoms with Gasteiger partial charge in [-0.05, 0) is 36.4 Å². The predicted molar refractivity (Wildman–Crippen MR) is 117 cm³/mol. The third kappa shape index (κ3) is 3.83. The van der Waals surface area contributed by atoms with Crippen molar-refractivity contribution in [2.24, 2.45) is 0 Å². The molecule has 8 heteroatoms. The lowest BCUT2D eigenvalue weighted by Crippen LogP contribution is -2.36. The molecule has 160 valence electrons. The molecule has 0 bridgehead atoms. The Bertz CT molecular complexity index is 1170. The second kappa shape index (κ2) is 8.19. The Morgan fingerprint density at radius 1 is 1.13 bits per heavy atom. The van der Waals surface area contributed by atoms with Gasteiger partial charge in [0.05, 0.1) is 18.4 Å². The molecule has 0 saturated carbocycles. The van der Waals surface area contributed by atoms with Crippen molar-refractivity contribution in [3.63, 3.8) is 0 Å². The van der Waals surface area contributed by atoms with Crippen LogP contribution in [0.1, 0.15) is 21.6 Å². The summed E-state index contributed by atoms with van der Waals surface area (Å²) in [6.45, 7) is 2.30. The number of hydrogen-bond donors (Lipinski definition) is 1. The maximum absolute atomic E-state index is 12.9. The number of esters is 1. The molecule has 0 aliphatic carbocycles. The summed E-state index contributed by atoms with van der Waals surface area (Å²) in [5.41, 5.74) is 3.68. The van der Waals surface area contributed by atoms with Crippen LogP contribution in [0.25, 0.3) is 10.9 Å². The van der Waals surface area contributed by atoms with E-state index in [0.29, 0.717) is 37.6 Å². The van der Waals surface area contributed by atoms with Gasteiger partial charge in [0.25, 0.3) is 0 Å². The summed E-state index contributed by atoms with van der Waals surface area (Å²) in [5.74, 6) is 1.55. The van der Waals surface area contributed by atoms with E-state index in [9.17, 15) is 9.59 Å². The number of ether oxygens (including phenoxy) is 3. The van der Waals surface area contributed by atoms with Gasteiger partial charge in [0.2, 0.25) is 5.91 Å². The number of hydrogen-bond acceptors (Lipinski definition) is 6. The number of fused-ring (bicyclic) bond motifs is 4. The van der Waals surface area contributed by atoms with E-state index in [-0.39, 0.29) is 11.9 Å². The van der Waals surface area contributed by atoms with Crippen LogP contribution < -0.4 is 9.47 Å². The number of aromatic amines is 1. The molecule has 0 radical (unpaired) electrons. The Morgan fingerprint density at radius 2 is 1.97 bits per heavy atom. The topological polar surface area (TPSA) is 80.9 Å². The van der Waals surface area contributed by atoms with Crippen LogP contribution in [0, 0.1) is 0 Å². The largest absolute Gasteiger partial charge is 0.486 e. The van der Waals surface area contributed by atoms with Gasteiger partial charge in [0, 0.05) is 46.6 Å². The maximum Gasteiger partial charge on any atom is 0.337 e. The molecule has 5 rings (SSSR count). The van der Waals surface area contributed by atoms with Crippen LogP contribution in [0.3, 0.4) is 0 Å². The highest BCUT2D eigenvalue weighted by Crippen LogP contribution is 2.34. The third-order valence-corrected chi connectivity index (χ3v) is 6.60. The molecule has 2 aliphatic heterocycles. The van der Waals surface area contributed by atoms with Crippen molar-refractivity contribution >= 4 is 34.5 Å². The number of aromatic nitrogens is 1. The molecule has 0 spiro atoms. The minimum Gasteiger partial charge on any atom is -0.486 e. The Morgan fingerprint density at radius 3 is 2.81 bits per heavy atom. The molecule has 2 aliphatic rings.